The Labute approximate surface area is 305 Å². The maximum Gasteiger partial charge on any atom is 0.490 e. The van der Waals surface area contributed by atoms with Crippen LogP contribution in [0.2, 0.25) is 0 Å². The Morgan fingerprint density at radius 1 is 0.889 bits per heavy atom. The maximum atomic E-state index is 14.4. The third kappa shape index (κ3) is 11.8. The number of aryl methyl sites for hydroxylation is 1. The molecule has 2 aromatic carbocycles. The van der Waals surface area contributed by atoms with Gasteiger partial charge in [0, 0.05) is 56.3 Å². The van der Waals surface area contributed by atoms with Gasteiger partial charge in [0.25, 0.3) is 5.91 Å². The summed E-state index contributed by atoms with van der Waals surface area (Å²) in [7, 11) is 0. The average Bonchev–Trinajstić information content (AvgIpc) is 3.11. The molecule has 0 bridgehead atoms. The van der Waals surface area contributed by atoms with Gasteiger partial charge in [-0.1, -0.05) is 44.2 Å². The second-order valence-electron chi connectivity index (χ2n) is 12.5. The summed E-state index contributed by atoms with van der Waals surface area (Å²) in [6.07, 6.45) is -6.77. The summed E-state index contributed by atoms with van der Waals surface area (Å²) in [4.78, 5) is 79.1. The molecule has 1 aliphatic rings. The molecular formula is C35H39F4N5O10. The monoisotopic (exact) mass is 765 g/mol. The lowest BCUT2D eigenvalue weighted by Crippen LogP contribution is -2.55. The van der Waals surface area contributed by atoms with Gasteiger partial charge >= 0.3 is 30.1 Å². The fourth-order valence-corrected chi connectivity index (χ4v) is 5.18. The number of carbonyl (C=O) groups is 6. The predicted molar refractivity (Wildman–Crippen MR) is 182 cm³/mol. The van der Waals surface area contributed by atoms with Gasteiger partial charge in [-0.3, -0.25) is 14.4 Å². The summed E-state index contributed by atoms with van der Waals surface area (Å²) in [5, 5.41) is 32.4. The van der Waals surface area contributed by atoms with E-state index in [1.165, 1.54) is 17.0 Å². The van der Waals surface area contributed by atoms with E-state index in [0.717, 1.165) is 6.07 Å². The number of hydrogen-bond acceptors (Lipinski definition) is 8. The Hall–Kier alpha value is -6.01. The number of carboxylic acid groups (broad SMARTS) is 3. The number of nitrogens with one attached hydrogen (secondary N) is 2. The summed E-state index contributed by atoms with van der Waals surface area (Å²) in [5.41, 5.74) is 0.732. The molecule has 0 spiro atoms. The molecule has 15 nitrogen and oxygen atoms in total. The van der Waals surface area contributed by atoms with E-state index in [1.54, 1.807) is 42.2 Å². The topological polar surface area (TPSA) is 216 Å². The lowest BCUT2D eigenvalue weighted by Gasteiger charge is -2.36. The van der Waals surface area contributed by atoms with Crippen LogP contribution in [0.25, 0.3) is 10.9 Å². The van der Waals surface area contributed by atoms with E-state index in [4.69, 9.17) is 14.6 Å². The number of carbonyl (C=O) groups excluding carboxylic acids is 3. The summed E-state index contributed by atoms with van der Waals surface area (Å²) in [6, 6.07) is 11.4. The number of aromatic nitrogens is 1. The van der Waals surface area contributed by atoms with Crippen LogP contribution in [0.5, 0.6) is 5.75 Å². The SMILES string of the molecule is Cc1cc(F)cc2c(OC(C(=O)O)c3ccccc3)cc(C(=O)NCCC(C(=O)O)C(=O)N3CCN(C(=O)NCC(C)C)CC3)nc12.O=C(O)C(F)(F)F. The summed E-state index contributed by atoms with van der Waals surface area (Å²) in [6.45, 7) is 6.71. The maximum absolute atomic E-state index is 14.4. The Balaban J connectivity index is 0.00000102. The molecule has 2 atom stereocenters. The number of aliphatic carboxylic acids is 3. The number of amides is 4. The zero-order valence-electron chi connectivity index (χ0n) is 29.4. The zero-order chi connectivity index (χ0) is 40.3. The molecule has 292 valence electrons. The van der Waals surface area contributed by atoms with Gasteiger partial charge in [0.05, 0.1) is 5.52 Å². The number of halogens is 4. The van der Waals surface area contributed by atoms with Crippen LogP contribution in [-0.4, -0.2) is 111 Å². The van der Waals surface area contributed by atoms with Crippen molar-refractivity contribution >= 4 is 46.7 Å². The van der Waals surface area contributed by atoms with E-state index in [-0.39, 0.29) is 73.4 Å². The number of nitrogens with zero attached hydrogens (tertiary/aromatic N) is 3. The standard InChI is InChI=1S/C33H38FN5O8.C2HF3O2/c1-19(2)18-36-33(46)39-13-11-38(12-14-39)30(41)23(31(42)43)9-10-35-29(40)25-17-26(24-16-22(34)15-20(3)27(24)37-25)47-28(32(44)45)21-7-5-4-6-8-21;3-2(4,5)1(6)7/h4-8,15-17,19,23,28H,9-14,18H2,1-3H3,(H,35,40)(H,36,46)(H,42,43)(H,44,45);(H,6,7). The second kappa shape index (κ2) is 18.7. The molecule has 3 aromatic rings. The number of hydrogen-bond donors (Lipinski definition) is 5. The van der Waals surface area contributed by atoms with Gasteiger partial charge in [-0.2, -0.15) is 13.2 Å². The van der Waals surface area contributed by atoms with Gasteiger partial charge in [-0.05, 0) is 37.0 Å². The first kappa shape index (κ1) is 42.4. The van der Waals surface area contributed by atoms with Crippen LogP contribution < -0.4 is 15.4 Å². The molecule has 19 heteroatoms. The van der Waals surface area contributed by atoms with Gasteiger partial charge in [-0.25, -0.2) is 23.8 Å². The molecule has 4 rings (SSSR count). The van der Waals surface area contributed by atoms with Crippen LogP contribution in [0.15, 0.2) is 48.5 Å². The molecule has 0 saturated carbocycles. The molecule has 4 amide bonds. The highest BCUT2D eigenvalue weighted by Crippen LogP contribution is 2.32. The molecule has 2 unspecified atom stereocenters. The first-order valence-corrected chi connectivity index (χ1v) is 16.5. The third-order valence-electron chi connectivity index (χ3n) is 7.93. The number of fused-ring (bicyclic) bond motifs is 1. The lowest BCUT2D eigenvalue weighted by atomic mass is 10.0. The van der Waals surface area contributed by atoms with Crippen LogP contribution in [0, 0.1) is 24.6 Å². The first-order chi connectivity index (χ1) is 25.3. The number of piperazine rings is 1. The van der Waals surface area contributed by atoms with Crippen LogP contribution in [0.1, 0.15) is 48.0 Å². The molecule has 0 aliphatic carbocycles. The molecule has 1 saturated heterocycles. The first-order valence-electron chi connectivity index (χ1n) is 16.5. The number of alkyl halides is 3. The van der Waals surface area contributed by atoms with E-state index in [0.29, 0.717) is 17.7 Å². The van der Waals surface area contributed by atoms with Crippen molar-refractivity contribution in [2.75, 3.05) is 39.3 Å². The van der Waals surface area contributed by atoms with E-state index in [2.05, 4.69) is 15.6 Å². The van der Waals surface area contributed by atoms with Crippen molar-refractivity contribution in [1.29, 1.82) is 0 Å². The Morgan fingerprint density at radius 3 is 2.02 bits per heavy atom. The van der Waals surface area contributed by atoms with E-state index in [9.17, 15) is 51.7 Å². The Kier molecular flexibility index (Phi) is 14.6. The average molecular weight is 766 g/mol. The van der Waals surface area contributed by atoms with Crippen LogP contribution in [0.4, 0.5) is 22.4 Å². The van der Waals surface area contributed by atoms with E-state index < -0.39 is 53.7 Å². The lowest BCUT2D eigenvalue weighted by molar-refractivity contribution is -0.192. The molecule has 1 aliphatic heterocycles. The minimum absolute atomic E-state index is 0.0883. The van der Waals surface area contributed by atoms with Crippen molar-refractivity contribution < 1.29 is 66.4 Å². The Bertz CT molecular complexity index is 1850. The van der Waals surface area contributed by atoms with Crippen molar-refractivity contribution in [2.24, 2.45) is 11.8 Å². The van der Waals surface area contributed by atoms with Gasteiger partial charge in [-0.15, -0.1) is 0 Å². The molecule has 0 radical (unpaired) electrons. The molecule has 54 heavy (non-hydrogen) atoms. The third-order valence-corrected chi connectivity index (χ3v) is 7.93. The molecule has 1 aromatic heterocycles. The summed E-state index contributed by atoms with van der Waals surface area (Å²) < 4.78 is 52.0. The predicted octanol–water partition coefficient (Wildman–Crippen LogP) is 3.85. The number of benzene rings is 2. The fourth-order valence-electron chi connectivity index (χ4n) is 5.18. The number of urea groups is 1. The summed E-state index contributed by atoms with van der Waals surface area (Å²) >= 11 is 0. The highest BCUT2D eigenvalue weighted by Gasteiger charge is 2.38. The van der Waals surface area contributed by atoms with E-state index in [1.807, 2.05) is 13.8 Å². The van der Waals surface area contributed by atoms with Gasteiger partial charge in [0.2, 0.25) is 12.0 Å². The highest BCUT2D eigenvalue weighted by molar-refractivity contribution is 5.99. The number of ether oxygens (including phenoxy) is 1. The van der Waals surface area contributed by atoms with Crippen molar-refractivity contribution in [3.05, 3.63) is 71.2 Å². The van der Waals surface area contributed by atoms with E-state index >= 15 is 0 Å². The summed E-state index contributed by atoms with van der Waals surface area (Å²) in [5.74, 6) is -8.61. The number of pyridine rings is 1. The highest BCUT2D eigenvalue weighted by atomic mass is 19.4. The smallest absolute Gasteiger partial charge is 0.481 e. The largest absolute Gasteiger partial charge is 0.490 e. The van der Waals surface area contributed by atoms with Crippen molar-refractivity contribution in [1.82, 2.24) is 25.4 Å². The second-order valence-corrected chi connectivity index (χ2v) is 12.5. The number of carboxylic acids is 3. The van der Waals surface area contributed by atoms with Gasteiger partial charge in [0.15, 0.2) is 0 Å². The fraction of sp³-hybridized carbons (Fsp3) is 0.400. The van der Waals surface area contributed by atoms with Gasteiger partial charge in [0.1, 0.15) is 23.2 Å². The molecule has 5 N–H and O–H groups in total. The molecule has 1 fully saturated rings. The van der Waals surface area contributed by atoms with Crippen LogP contribution >= 0.6 is 0 Å². The van der Waals surface area contributed by atoms with Gasteiger partial charge < -0.3 is 40.5 Å². The van der Waals surface area contributed by atoms with Crippen LogP contribution in [0.3, 0.4) is 0 Å². The number of rotatable bonds is 12. The molecular weight excluding hydrogens is 726 g/mol. The minimum Gasteiger partial charge on any atom is -0.481 e. The van der Waals surface area contributed by atoms with Crippen molar-refractivity contribution in [3.8, 4) is 5.75 Å². The Morgan fingerprint density at radius 2 is 1.48 bits per heavy atom. The quantitative estimate of drug-likeness (QED) is 0.132. The normalized spacial score (nSPS) is 14.0. The minimum atomic E-state index is -5.08. The zero-order valence-corrected chi connectivity index (χ0v) is 29.4. The van der Waals surface area contributed by atoms with Crippen molar-refractivity contribution in [3.63, 3.8) is 0 Å². The van der Waals surface area contributed by atoms with Crippen molar-refractivity contribution in [2.45, 2.75) is 39.5 Å². The molecule has 2 heterocycles. The van der Waals surface area contributed by atoms with Crippen LogP contribution in [-0.2, 0) is 19.2 Å².